The van der Waals surface area contributed by atoms with Gasteiger partial charge in [0.05, 0.1) is 6.07 Å². The third-order valence-corrected chi connectivity index (χ3v) is 1.99. The van der Waals surface area contributed by atoms with E-state index in [1.54, 1.807) is 7.11 Å². The molecule has 14 heavy (non-hydrogen) atoms. The highest BCUT2D eigenvalue weighted by Gasteiger charge is 2.08. The Morgan fingerprint density at radius 3 is 2.79 bits per heavy atom. The van der Waals surface area contributed by atoms with Crippen molar-refractivity contribution in [1.82, 2.24) is 10.2 Å². The zero-order valence-corrected chi connectivity index (χ0v) is 9.42. The van der Waals surface area contributed by atoms with Gasteiger partial charge in [0.2, 0.25) is 0 Å². The quantitative estimate of drug-likeness (QED) is 0.577. The van der Waals surface area contributed by atoms with Crippen molar-refractivity contribution in [1.29, 1.82) is 5.26 Å². The smallest absolute Gasteiger partial charge is 0.108 e. The van der Waals surface area contributed by atoms with E-state index in [9.17, 15) is 0 Å². The Bertz CT molecular complexity index is 167. The van der Waals surface area contributed by atoms with E-state index >= 15 is 0 Å². The Kier molecular flexibility index (Phi) is 8.54. The minimum atomic E-state index is -0.0625. The molecule has 0 fully saturated rings. The number of ether oxygens (including phenoxy) is 1. The zero-order chi connectivity index (χ0) is 10.8. The number of nitrogens with zero attached hydrogens (tertiary/aromatic N) is 2. The van der Waals surface area contributed by atoms with Crippen LogP contribution in [-0.4, -0.2) is 51.3 Å². The second-order valence-corrected chi connectivity index (χ2v) is 3.35. The van der Waals surface area contributed by atoms with Crippen LogP contribution in [0.3, 0.4) is 0 Å². The predicted octanol–water partition coefficient (Wildman–Crippen LogP) is 0.456. The number of nitrogens with one attached hydrogen (secondary N) is 1. The van der Waals surface area contributed by atoms with E-state index in [-0.39, 0.29) is 6.04 Å². The molecule has 0 spiro atoms. The largest absolute Gasteiger partial charge is 0.385 e. The highest BCUT2D eigenvalue weighted by atomic mass is 16.5. The van der Waals surface area contributed by atoms with Crippen LogP contribution in [0.5, 0.6) is 0 Å². The summed E-state index contributed by atoms with van der Waals surface area (Å²) >= 11 is 0. The monoisotopic (exact) mass is 199 g/mol. The first-order valence-corrected chi connectivity index (χ1v) is 5.05. The fourth-order valence-corrected chi connectivity index (χ4v) is 1.28. The molecule has 82 valence electrons. The Balaban J connectivity index is 3.57. The van der Waals surface area contributed by atoms with Crippen molar-refractivity contribution in [3.05, 3.63) is 0 Å². The third-order valence-electron chi connectivity index (χ3n) is 1.99. The Morgan fingerprint density at radius 1 is 1.57 bits per heavy atom. The van der Waals surface area contributed by atoms with Crippen LogP contribution >= 0.6 is 0 Å². The normalized spacial score (nSPS) is 12.8. The standard InChI is InChI=1S/C10H21N3O/c1-4-12-10(8-11)9-13(2)6-5-7-14-3/h10,12H,4-7,9H2,1-3H3. The van der Waals surface area contributed by atoms with Crippen molar-refractivity contribution in [3.63, 3.8) is 0 Å². The van der Waals surface area contributed by atoms with E-state index in [0.29, 0.717) is 0 Å². The Labute approximate surface area is 86.8 Å². The lowest BCUT2D eigenvalue weighted by Gasteiger charge is -2.19. The second kappa shape index (κ2) is 8.95. The lowest BCUT2D eigenvalue weighted by molar-refractivity contribution is 0.178. The van der Waals surface area contributed by atoms with Gasteiger partial charge >= 0.3 is 0 Å². The highest BCUT2D eigenvalue weighted by molar-refractivity contribution is 4.91. The molecular formula is C10H21N3O. The SMILES string of the molecule is CCNC(C#N)CN(C)CCCOC. The van der Waals surface area contributed by atoms with E-state index in [2.05, 4.69) is 16.3 Å². The summed E-state index contributed by atoms with van der Waals surface area (Å²) in [6.07, 6.45) is 1.01. The number of rotatable bonds is 8. The lowest BCUT2D eigenvalue weighted by Crippen LogP contribution is -2.38. The number of nitriles is 1. The molecule has 0 saturated carbocycles. The molecule has 0 aliphatic rings. The first-order valence-electron chi connectivity index (χ1n) is 5.05. The first-order chi connectivity index (χ1) is 6.74. The Morgan fingerprint density at radius 2 is 2.29 bits per heavy atom. The molecule has 0 aromatic carbocycles. The molecule has 0 amide bonds. The first kappa shape index (κ1) is 13.4. The van der Waals surface area contributed by atoms with Gasteiger partial charge in [-0.2, -0.15) is 5.26 Å². The average Bonchev–Trinajstić information content (AvgIpc) is 2.17. The van der Waals surface area contributed by atoms with Crippen LogP contribution in [0.4, 0.5) is 0 Å². The van der Waals surface area contributed by atoms with Gasteiger partial charge in [-0.05, 0) is 20.0 Å². The van der Waals surface area contributed by atoms with Crippen LogP contribution in [0.15, 0.2) is 0 Å². The minimum Gasteiger partial charge on any atom is -0.385 e. The number of hydrogen-bond acceptors (Lipinski definition) is 4. The molecule has 0 radical (unpaired) electrons. The molecule has 0 aromatic rings. The summed E-state index contributed by atoms with van der Waals surface area (Å²) in [5.74, 6) is 0. The van der Waals surface area contributed by atoms with Crippen LogP contribution in [-0.2, 0) is 4.74 Å². The van der Waals surface area contributed by atoms with Crippen LogP contribution < -0.4 is 5.32 Å². The maximum absolute atomic E-state index is 8.81. The summed E-state index contributed by atoms with van der Waals surface area (Å²) in [7, 11) is 3.73. The van der Waals surface area contributed by atoms with Gasteiger partial charge < -0.3 is 15.0 Å². The van der Waals surface area contributed by atoms with Crippen LogP contribution in [0.2, 0.25) is 0 Å². The number of hydrogen-bond donors (Lipinski definition) is 1. The summed E-state index contributed by atoms with van der Waals surface area (Å²) in [4.78, 5) is 2.15. The van der Waals surface area contributed by atoms with E-state index in [1.165, 1.54) is 0 Å². The van der Waals surface area contributed by atoms with Gasteiger partial charge in [-0.3, -0.25) is 0 Å². The predicted molar refractivity (Wildman–Crippen MR) is 57.1 cm³/mol. The van der Waals surface area contributed by atoms with E-state index in [0.717, 1.165) is 32.7 Å². The van der Waals surface area contributed by atoms with Gasteiger partial charge in [0.1, 0.15) is 6.04 Å². The van der Waals surface area contributed by atoms with Crippen LogP contribution in [0, 0.1) is 11.3 Å². The molecule has 4 nitrogen and oxygen atoms in total. The molecule has 4 heteroatoms. The van der Waals surface area contributed by atoms with Gasteiger partial charge in [-0.1, -0.05) is 6.92 Å². The molecule has 0 saturated heterocycles. The summed E-state index contributed by atoms with van der Waals surface area (Å²) in [6, 6.07) is 2.18. The van der Waals surface area contributed by atoms with Gasteiger partial charge in [-0.25, -0.2) is 0 Å². The maximum atomic E-state index is 8.81. The van der Waals surface area contributed by atoms with Gasteiger partial charge in [0.15, 0.2) is 0 Å². The molecule has 1 atom stereocenters. The summed E-state index contributed by atoms with van der Waals surface area (Å²) in [6.45, 7) is 5.37. The Hall–Kier alpha value is -0.630. The van der Waals surface area contributed by atoms with E-state index < -0.39 is 0 Å². The number of methoxy groups -OCH3 is 1. The molecule has 0 aliphatic carbocycles. The van der Waals surface area contributed by atoms with Gasteiger partial charge in [0.25, 0.3) is 0 Å². The summed E-state index contributed by atoms with van der Waals surface area (Å²) < 4.78 is 4.96. The average molecular weight is 199 g/mol. The summed E-state index contributed by atoms with van der Waals surface area (Å²) in [5.41, 5.74) is 0. The molecular weight excluding hydrogens is 178 g/mol. The van der Waals surface area contributed by atoms with Crippen LogP contribution in [0.25, 0.3) is 0 Å². The highest BCUT2D eigenvalue weighted by Crippen LogP contribution is 1.91. The van der Waals surface area contributed by atoms with Gasteiger partial charge in [-0.15, -0.1) is 0 Å². The fourth-order valence-electron chi connectivity index (χ4n) is 1.28. The topological polar surface area (TPSA) is 48.3 Å². The third kappa shape index (κ3) is 6.84. The zero-order valence-electron chi connectivity index (χ0n) is 9.42. The van der Waals surface area contributed by atoms with Crippen molar-refractivity contribution in [2.45, 2.75) is 19.4 Å². The maximum Gasteiger partial charge on any atom is 0.108 e. The van der Waals surface area contributed by atoms with Gasteiger partial charge in [0, 0.05) is 26.8 Å². The molecule has 0 bridgehead atoms. The van der Waals surface area contributed by atoms with E-state index in [1.807, 2.05) is 14.0 Å². The van der Waals surface area contributed by atoms with Crippen molar-refractivity contribution in [2.75, 3.05) is 40.4 Å². The van der Waals surface area contributed by atoms with Crippen LogP contribution in [0.1, 0.15) is 13.3 Å². The van der Waals surface area contributed by atoms with Crippen molar-refractivity contribution < 1.29 is 4.74 Å². The lowest BCUT2D eigenvalue weighted by atomic mass is 10.3. The molecule has 0 rings (SSSR count). The van der Waals surface area contributed by atoms with Crippen molar-refractivity contribution >= 4 is 0 Å². The molecule has 1 N–H and O–H groups in total. The van der Waals surface area contributed by atoms with Crippen molar-refractivity contribution in [3.8, 4) is 6.07 Å². The molecule has 0 aliphatic heterocycles. The molecule has 1 unspecified atom stereocenters. The van der Waals surface area contributed by atoms with E-state index in [4.69, 9.17) is 10.00 Å². The molecule has 0 heterocycles. The second-order valence-electron chi connectivity index (χ2n) is 3.35. The van der Waals surface area contributed by atoms with Crippen molar-refractivity contribution in [2.24, 2.45) is 0 Å². The molecule has 0 aromatic heterocycles. The fraction of sp³-hybridized carbons (Fsp3) is 0.900. The minimum absolute atomic E-state index is 0.0625. The number of likely N-dealkylation sites (N-methyl/N-ethyl adjacent to an activating group) is 2. The summed E-state index contributed by atoms with van der Waals surface area (Å²) in [5, 5.41) is 11.9.